The van der Waals surface area contributed by atoms with E-state index in [2.05, 4.69) is 17.0 Å². The van der Waals surface area contributed by atoms with Crippen LogP contribution in [0.25, 0.3) is 0 Å². The van der Waals surface area contributed by atoms with E-state index < -0.39 is 23.2 Å². The molecule has 0 N–H and O–H groups in total. The normalized spacial score (nSPS) is 16.2. The maximum absolute atomic E-state index is 15.3. The lowest BCUT2D eigenvalue weighted by Crippen LogP contribution is -2.53. The highest BCUT2D eigenvalue weighted by molar-refractivity contribution is 5.41. The van der Waals surface area contributed by atoms with E-state index in [1.165, 1.54) is 26.0 Å². The van der Waals surface area contributed by atoms with Crippen LogP contribution in [0, 0.1) is 40.2 Å². The van der Waals surface area contributed by atoms with Crippen molar-refractivity contribution in [2.45, 2.75) is 31.5 Å². The molecule has 3 nitrogen and oxygen atoms in total. The van der Waals surface area contributed by atoms with Gasteiger partial charge in [-0.25, -0.2) is 13.2 Å². The summed E-state index contributed by atoms with van der Waals surface area (Å²) in [5.41, 5.74) is 1.57. The molecule has 172 valence electrons. The third kappa shape index (κ3) is 4.83. The summed E-state index contributed by atoms with van der Waals surface area (Å²) in [6.45, 7) is 3.91. The summed E-state index contributed by atoms with van der Waals surface area (Å²) in [4.78, 5) is 2.16. The molecule has 1 aliphatic heterocycles. The summed E-state index contributed by atoms with van der Waals surface area (Å²) in [6, 6.07) is 21.9. The molecule has 0 bridgehead atoms. The van der Waals surface area contributed by atoms with Crippen LogP contribution in [0.4, 0.5) is 13.2 Å². The Labute approximate surface area is 197 Å². The molecule has 0 amide bonds. The Morgan fingerprint density at radius 3 is 2.00 bits per heavy atom. The third-order valence-corrected chi connectivity index (χ3v) is 6.45. The maximum atomic E-state index is 15.3. The van der Waals surface area contributed by atoms with Crippen molar-refractivity contribution in [2.75, 3.05) is 13.1 Å². The van der Waals surface area contributed by atoms with Crippen LogP contribution in [-0.2, 0) is 0 Å². The van der Waals surface area contributed by atoms with Crippen LogP contribution >= 0.6 is 0 Å². The predicted molar refractivity (Wildman–Crippen MR) is 124 cm³/mol. The van der Waals surface area contributed by atoms with Crippen molar-refractivity contribution in [1.82, 2.24) is 4.90 Å². The zero-order chi connectivity index (χ0) is 24.5. The highest BCUT2D eigenvalue weighted by Crippen LogP contribution is 2.45. The molecule has 1 heterocycles. The lowest BCUT2D eigenvalue weighted by Gasteiger charge is -2.50. The van der Waals surface area contributed by atoms with E-state index in [0.717, 1.165) is 17.2 Å². The summed E-state index contributed by atoms with van der Waals surface area (Å²) in [7, 11) is 0. The van der Waals surface area contributed by atoms with Gasteiger partial charge in [-0.05, 0) is 72.9 Å². The van der Waals surface area contributed by atoms with Gasteiger partial charge in [-0.15, -0.1) is 0 Å². The Bertz CT molecular complexity index is 1240. The van der Waals surface area contributed by atoms with Crippen LogP contribution in [0.2, 0.25) is 0 Å². The van der Waals surface area contributed by atoms with Crippen LogP contribution in [0.5, 0.6) is 0 Å². The van der Waals surface area contributed by atoms with E-state index in [0.29, 0.717) is 29.8 Å². The van der Waals surface area contributed by atoms with Crippen LogP contribution in [0.15, 0.2) is 66.7 Å². The van der Waals surface area contributed by atoms with Gasteiger partial charge < -0.3 is 0 Å². The first kappa shape index (κ1) is 23.5. The smallest absolute Gasteiger partial charge is 0.126 e. The second kappa shape index (κ2) is 9.33. The first-order valence-electron chi connectivity index (χ1n) is 11.1. The molecular formula is C28H24F3N3. The number of benzene rings is 3. The van der Waals surface area contributed by atoms with Crippen molar-refractivity contribution in [2.24, 2.45) is 5.92 Å². The monoisotopic (exact) mass is 459 g/mol. The van der Waals surface area contributed by atoms with Crippen molar-refractivity contribution in [3.8, 4) is 12.1 Å². The number of likely N-dealkylation sites (tertiary alicyclic amines) is 1. The molecule has 1 aliphatic rings. The van der Waals surface area contributed by atoms with Gasteiger partial charge in [0.2, 0.25) is 0 Å². The molecule has 0 saturated carbocycles. The second-order valence-corrected chi connectivity index (χ2v) is 9.33. The van der Waals surface area contributed by atoms with E-state index in [1.807, 2.05) is 30.3 Å². The van der Waals surface area contributed by atoms with Crippen molar-refractivity contribution in [3.05, 3.63) is 106 Å². The Hall–Kier alpha value is -3.61. The highest BCUT2D eigenvalue weighted by atomic mass is 19.1. The Morgan fingerprint density at radius 2 is 1.44 bits per heavy atom. The molecule has 1 saturated heterocycles. The van der Waals surface area contributed by atoms with Gasteiger partial charge >= 0.3 is 0 Å². The quantitative estimate of drug-likeness (QED) is 0.437. The molecule has 2 atom stereocenters. The summed E-state index contributed by atoms with van der Waals surface area (Å²) in [5.74, 6) is -2.27. The average molecular weight is 460 g/mol. The number of alkyl halides is 1. The number of halogens is 3. The SMILES string of the molecule is CC(C)(F)[C@H](c1cc(F)cc(F)c1)C1CN(C(c2ccc(C#N)cc2)c2cccc(C#N)c2)C1. The van der Waals surface area contributed by atoms with Crippen LogP contribution in [-0.4, -0.2) is 23.7 Å². The summed E-state index contributed by atoms with van der Waals surface area (Å²) in [6.07, 6.45) is 0. The fourth-order valence-electron chi connectivity index (χ4n) is 5.09. The summed E-state index contributed by atoms with van der Waals surface area (Å²) < 4.78 is 43.1. The summed E-state index contributed by atoms with van der Waals surface area (Å²) in [5, 5.41) is 18.5. The molecule has 34 heavy (non-hydrogen) atoms. The minimum atomic E-state index is -1.68. The molecule has 0 aliphatic carbocycles. The number of nitriles is 2. The standard InChI is InChI=1S/C28H24F3N3/c1-28(2,31)26(22-11-24(29)13-25(30)12-22)23-16-34(17-23)27(20-8-6-18(14-32)7-9-20)21-5-3-4-19(10-21)15-33/h3-13,23,26-27H,16-17H2,1-2H3/t26-,27?/m1/s1. The van der Waals surface area contributed by atoms with E-state index in [9.17, 15) is 14.0 Å². The molecule has 0 spiro atoms. The van der Waals surface area contributed by atoms with Crippen molar-refractivity contribution in [3.63, 3.8) is 0 Å². The predicted octanol–water partition coefficient (Wildman–Crippen LogP) is 6.26. The number of nitrogens with zero attached hydrogens (tertiary/aromatic N) is 3. The fraction of sp³-hybridized carbons (Fsp3) is 0.286. The van der Waals surface area contributed by atoms with E-state index >= 15 is 4.39 Å². The average Bonchev–Trinajstić information content (AvgIpc) is 2.76. The van der Waals surface area contributed by atoms with Gasteiger partial charge in [-0.3, -0.25) is 4.90 Å². The molecule has 1 unspecified atom stereocenters. The van der Waals surface area contributed by atoms with Gasteiger partial charge in [0.1, 0.15) is 17.3 Å². The van der Waals surface area contributed by atoms with Gasteiger partial charge in [0.15, 0.2) is 0 Å². The molecule has 6 heteroatoms. The zero-order valence-corrected chi connectivity index (χ0v) is 19.0. The van der Waals surface area contributed by atoms with Crippen LogP contribution in [0.3, 0.4) is 0 Å². The number of hydrogen-bond donors (Lipinski definition) is 0. The van der Waals surface area contributed by atoms with E-state index in [-0.39, 0.29) is 12.0 Å². The number of rotatable bonds is 6. The Kier molecular flexibility index (Phi) is 6.46. The first-order chi connectivity index (χ1) is 16.2. The first-order valence-corrected chi connectivity index (χ1v) is 11.1. The van der Waals surface area contributed by atoms with Crippen molar-refractivity contribution in [1.29, 1.82) is 10.5 Å². The van der Waals surface area contributed by atoms with Gasteiger partial charge in [0.05, 0.1) is 29.3 Å². The van der Waals surface area contributed by atoms with Gasteiger partial charge in [-0.2, -0.15) is 10.5 Å². The molecule has 0 aromatic heterocycles. The van der Waals surface area contributed by atoms with E-state index in [1.54, 1.807) is 18.2 Å². The lowest BCUT2D eigenvalue weighted by molar-refractivity contribution is 0.00804. The third-order valence-electron chi connectivity index (χ3n) is 6.45. The highest BCUT2D eigenvalue weighted by Gasteiger charge is 2.45. The van der Waals surface area contributed by atoms with Crippen molar-refractivity contribution < 1.29 is 13.2 Å². The minimum absolute atomic E-state index is 0.152. The van der Waals surface area contributed by atoms with Crippen LogP contribution < -0.4 is 0 Å². The topological polar surface area (TPSA) is 50.8 Å². The Balaban J connectivity index is 1.66. The van der Waals surface area contributed by atoms with Crippen LogP contribution in [0.1, 0.15) is 53.6 Å². The molecular weight excluding hydrogens is 435 g/mol. The zero-order valence-electron chi connectivity index (χ0n) is 19.0. The van der Waals surface area contributed by atoms with Crippen molar-refractivity contribution >= 4 is 0 Å². The molecule has 4 rings (SSSR count). The lowest BCUT2D eigenvalue weighted by atomic mass is 9.72. The van der Waals surface area contributed by atoms with Gasteiger partial charge in [0.25, 0.3) is 0 Å². The maximum Gasteiger partial charge on any atom is 0.126 e. The van der Waals surface area contributed by atoms with Gasteiger partial charge in [-0.1, -0.05) is 24.3 Å². The summed E-state index contributed by atoms with van der Waals surface area (Å²) >= 11 is 0. The van der Waals surface area contributed by atoms with E-state index in [4.69, 9.17) is 5.26 Å². The fourth-order valence-corrected chi connectivity index (χ4v) is 5.09. The minimum Gasteiger partial charge on any atom is -0.292 e. The Morgan fingerprint density at radius 1 is 0.824 bits per heavy atom. The number of hydrogen-bond acceptors (Lipinski definition) is 3. The largest absolute Gasteiger partial charge is 0.292 e. The van der Waals surface area contributed by atoms with Gasteiger partial charge in [0, 0.05) is 25.1 Å². The molecule has 1 fully saturated rings. The molecule has 3 aromatic rings. The molecule has 0 radical (unpaired) electrons. The second-order valence-electron chi connectivity index (χ2n) is 9.33. The molecule has 3 aromatic carbocycles.